The summed E-state index contributed by atoms with van der Waals surface area (Å²) in [6.45, 7) is 6.48. The Morgan fingerprint density at radius 3 is 2.57 bits per heavy atom. The Balaban J connectivity index is 1.52. The van der Waals surface area contributed by atoms with Crippen LogP contribution in [0, 0.1) is 13.8 Å². The largest absolute Gasteiger partial charge is 0.494 e. The molecule has 0 aliphatic heterocycles. The quantitative estimate of drug-likeness (QED) is 0.656. The summed E-state index contributed by atoms with van der Waals surface area (Å²) in [5.41, 5.74) is 3.39. The number of anilines is 1. The maximum atomic E-state index is 12.7. The van der Waals surface area contributed by atoms with E-state index in [2.05, 4.69) is 10.3 Å². The Kier molecular flexibility index (Phi) is 5.97. The maximum absolute atomic E-state index is 12.7. The zero-order valence-corrected chi connectivity index (χ0v) is 17.9. The van der Waals surface area contributed by atoms with E-state index in [4.69, 9.17) is 14.8 Å². The second-order valence-electron chi connectivity index (χ2n) is 7.96. The first-order valence-electron chi connectivity index (χ1n) is 10.8. The van der Waals surface area contributed by atoms with Crippen molar-refractivity contribution < 1.29 is 9.53 Å². The van der Waals surface area contributed by atoms with Gasteiger partial charge in [0.05, 0.1) is 13.0 Å². The first-order valence-corrected chi connectivity index (χ1v) is 10.8. The van der Waals surface area contributed by atoms with Crippen LogP contribution >= 0.6 is 0 Å². The predicted octanol–water partition coefficient (Wildman–Crippen LogP) is 4.37. The minimum absolute atomic E-state index is 0.0841. The van der Waals surface area contributed by atoms with E-state index in [9.17, 15) is 4.79 Å². The number of benzene rings is 1. The Labute approximate surface area is 176 Å². The topological polar surface area (TPSA) is 81.4 Å². The number of carbonyl (C=O) groups is 1. The molecule has 3 aromatic rings. The number of carbonyl (C=O) groups excluding carboxylic acids is 1. The standard InChI is InChI=1S/C23H29N5O2/c1-4-30-19-12-10-18(11-13-19)25-21(29)14-20-15(2)24-23-26-22(27-28(23)16(20)3)17-8-6-5-7-9-17/h10-13,17H,4-9,14H2,1-3H3,(H,25,29). The number of aryl methyl sites for hydroxylation is 2. The van der Waals surface area contributed by atoms with Gasteiger partial charge < -0.3 is 10.1 Å². The zero-order chi connectivity index (χ0) is 21.1. The summed E-state index contributed by atoms with van der Waals surface area (Å²) in [6, 6.07) is 7.40. The highest BCUT2D eigenvalue weighted by molar-refractivity contribution is 5.92. The van der Waals surface area contributed by atoms with Gasteiger partial charge in [0.15, 0.2) is 5.82 Å². The van der Waals surface area contributed by atoms with Crippen molar-refractivity contribution >= 4 is 17.4 Å². The van der Waals surface area contributed by atoms with Crippen molar-refractivity contribution in [3.05, 3.63) is 47.0 Å². The van der Waals surface area contributed by atoms with Gasteiger partial charge in [-0.15, -0.1) is 5.10 Å². The van der Waals surface area contributed by atoms with Gasteiger partial charge in [-0.3, -0.25) is 4.79 Å². The molecule has 158 valence electrons. The van der Waals surface area contributed by atoms with Crippen LogP contribution in [-0.4, -0.2) is 32.1 Å². The molecule has 0 radical (unpaired) electrons. The Bertz CT molecular complexity index is 1040. The lowest BCUT2D eigenvalue weighted by atomic mass is 9.89. The molecular weight excluding hydrogens is 378 g/mol. The number of hydrogen-bond donors (Lipinski definition) is 1. The average molecular weight is 408 g/mol. The number of ether oxygens (including phenoxy) is 1. The molecule has 0 spiro atoms. The normalized spacial score (nSPS) is 14.8. The third kappa shape index (κ3) is 4.30. The number of aromatic nitrogens is 4. The van der Waals surface area contributed by atoms with E-state index < -0.39 is 0 Å². The summed E-state index contributed by atoms with van der Waals surface area (Å²) < 4.78 is 7.24. The molecule has 1 saturated carbocycles. The first-order chi connectivity index (χ1) is 14.5. The fraction of sp³-hybridized carbons (Fsp3) is 0.478. The lowest BCUT2D eigenvalue weighted by molar-refractivity contribution is -0.115. The number of fused-ring (bicyclic) bond motifs is 1. The third-order valence-corrected chi connectivity index (χ3v) is 5.82. The number of rotatable bonds is 6. The summed E-state index contributed by atoms with van der Waals surface area (Å²) in [6.07, 6.45) is 6.31. The number of amides is 1. The molecule has 4 rings (SSSR count). The lowest BCUT2D eigenvalue weighted by Crippen LogP contribution is -2.17. The van der Waals surface area contributed by atoms with Crippen LogP contribution in [0.5, 0.6) is 5.75 Å². The molecule has 1 aromatic carbocycles. The molecule has 0 bridgehead atoms. The summed E-state index contributed by atoms with van der Waals surface area (Å²) in [4.78, 5) is 22.0. The molecule has 2 heterocycles. The average Bonchev–Trinajstić information content (AvgIpc) is 3.17. The van der Waals surface area contributed by atoms with E-state index in [0.29, 0.717) is 18.3 Å². The summed E-state index contributed by atoms with van der Waals surface area (Å²) in [5.74, 6) is 2.64. The monoisotopic (exact) mass is 407 g/mol. The fourth-order valence-electron chi connectivity index (χ4n) is 4.18. The smallest absolute Gasteiger partial charge is 0.252 e. The van der Waals surface area contributed by atoms with Gasteiger partial charge in [0.2, 0.25) is 5.91 Å². The fourth-order valence-corrected chi connectivity index (χ4v) is 4.18. The molecule has 30 heavy (non-hydrogen) atoms. The molecule has 0 unspecified atom stereocenters. The summed E-state index contributed by atoms with van der Waals surface area (Å²) in [5, 5.41) is 7.71. The summed E-state index contributed by atoms with van der Waals surface area (Å²) >= 11 is 0. The second-order valence-corrected chi connectivity index (χ2v) is 7.96. The van der Waals surface area contributed by atoms with Gasteiger partial charge in [-0.05, 0) is 57.9 Å². The van der Waals surface area contributed by atoms with Gasteiger partial charge >= 0.3 is 0 Å². The maximum Gasteiger partial charge on any atom is 0.252 e. The van der Waals surface area contributed by atoms with Gasteiger partial charge in [0.1, 0.15) is 5.75 Å². The highest BCUT2D eigenvalue weighted by Crippen LogP contribution is 2.31. The third-order valence-electron chi connectivity index (χ3n) is 5.82. The van der Waals surface area contributed by atoms with E-state index in [1.54, 1.807) is 4.52 Å². The van der Waals surface area contributed by atoms with E-state index in [0.717, 1.165) is 47.1 Å². The molecular formula is C23H29N5O2. The van der Waals surface area contributed by atoms with Crippen LogP contribution in [0.2, 0.25) is 0 Å². The van der Waals surface area contributed by atoms with E-state index >= 15 is 0 Å². The molecule has 1 aliphatic rings. The number of hydrogen-bond acceptors (Lipinski definition) is 5. The molecule has 1 N–H and O–H groups in total. The van der Waals surface area contributed by atoms with E-state index in [1.807, 2.05) is 45.0 Å². The molecule has 7 heteroatoms. The first kappa shape index (κ1) is 20.3. The Morgan fingerprint density at radius 1 is 1.13 bits per heavy atom. The minimum atomic E-state index is -0.0841. The molecule has 1 fully saturated rings. The van der Waals surface area contributed by atoms with Crippen molar-refractivity contribution in [3.8, 4) is 5.75 Å². The predicted molar refractivity (Wildman–Crippen MR) is 116 cm³/mol. The number of nitrogens with one attached hydrogen (secondary N) is 1. The van der Waals surface area contributed by atoms with Gasteiger partial charge in [-0.1, -0.05) is 19.3 Å². The number of nitrogens with zero attached hydrogens (tertiary/aromatic N) is 4. The lowest BCUT2D eigenvalue weighted by Gasteiger charge is -2.17. The second kappa shape index (κ2) is 8.81. The molecule has 1 aliphatic carbocycles. The van der Waals surface area contributed by atoms with Crippen LogP contribution in [0.1, 0.15) is 67.7 Å². The van der Waals surface area contributed by atoms with E-state index in [1.165, 1.54) is 19.3 Å². The highest BCUT2D eigenvalue weighted by atomic mass is 16.5. The Morgan fingerprint density at radius 2 is 1.87 bits per heavy atom. The van der Waals surface area contributed by atoms with Crippen molar-refractivity contribution in [1.29, 1.82) is 0 Å². The highest BCUT2D eigenvalue weighted by Gasteiger charge is 2.22. The van der Waals surface area contributed by atoms with Crippen LogP contribution in [0.4, 0.5) is 5.69 Å². The summed E-state index contributed by atoms with van der Waals surface area (Å²) in [7, 11) is 0. The van der Waals surface area contributed by atoms with Crippen LogP contribution in [0.25, 0.3) is 5.78 Å². The van der Waals surface area contributed by atoms with Crippen LogP contribution in [0.3, 0.4) is 0 Å². The molecule has 1 amide bonds. The van der Waals surface area contributed by atoms with Gasteiger partial charge in [0.25, 0.3) is 5.78 Å². The van der Waals surface area contributed by atoms with Crippen molar-refractivity contribution in [1.82, 2.24) is 19.6 Å². The molecule has 2 aromatic heterocycles. The molecule has 7 nitrogen and oxygen atoms in total. The van der Waals surface area contributed by atoms with Crippen LogP contribution < -0.4 is 10.1 Å². The SMILES string of the molecule is CCOc1ccc(NC(=O)Cc2c(C)nc3nc(C4CCCCC4)nn3c2C)cc1. The van der Waals surface area contributed by atoms with Gasteiger partial charge in [-0.25, -0.2) is 9.50 Å². The zero-order valence-electron chi connectivity index (χ0n) is 17.9. The van der Waals surface area contributed by atoms with Gasteiger partial charge in [0, 0.05) is 28.6 Å². The minimum Gasteiger partial charge on any atom is -0.494 e. The van der Waals surface area contributed by atoms with Crippen molar-refractivity contribution in [2.75, 3.05) is 11.9 Å². The van der Waals surface area contributed by atoms with Crippen LogP contribution in [0.15, 0.2) is 24.3 Å². The molecule has 0 saturated heterocycles. The van der Waals surface area contributed by atoms with Crippen molar-refractivity contribution in [2.24, 2.45) is 0 Å². The van der Waals surface area contributed by atoms with Crippen LogP contribution in [-0.2, 0) is 11.2 Å². The van der Waals surface area contributed by atoms with Crippen molar-refractivity contribution in [3.63, 3.8) is 0 Å². The Hall–Kier alpha value is -2.96. The van der Waals surface area contributed by atoms with Crippen molar-refractivity contribution in [2.45, 2.75) is 65.2 Å². The van der Waals surface area contributed by atoms with Gasteiger partial charge in [-0.2, -0.15) is 4.98 Å². The molecule has 0 atom stereocenters. The van der Waals surface area contributed by atoms with E-state index in [-0.39, 0.29) is 12.3 Å².